The molecule has 4 aromatic heterocycles. The van der Waals surface area contributed by atoms with Gasteiger partial charge in [0.1, 0.15) is 49.2 Å². The highest BCUT2D eigenvalue weighted by Gasteiger charge is 2.54. The summed E-state index contributed by atoms with van der Waals surface area (Å²) >= 11 is 5.24. The maximum atomic E-state index is 16.3. The zero-order valence-electron chi connectivity index (χ0n) is 25.0. The Balaban J connectivity index is 1.21. The summed E-state index contributed by atoms with van der Waals surface area (Å²) in [5.41, 5.74) is 1.77. The van der Waals surface area contributed by atoms with Gasteiger partial charge in [0.05, 0.1) is 31.6 Å². The van der Waals surface area contributed by atoms with Gasteiger partial charge in [-0.2, -0.15) is 4.98 Å². The quantitative estimate of drug-likeness (QED) is 0.205. The molecule has 0 saturated carbocycles. The highest BCUT2D eigenvalue weighted by atomic mass is 32.5. The molecule has 0 spiro atoms. The summed E-state index contributed by atoms with van der Waals surface area (Å²) in [7, 11) is -4.07. The van der Waals surface area contributed by atoms with Crippen molar-refractivity contribution in [3.05, 3.63) is 43.2 Å². The summed E-state index contributed by atoms with van der Waals surface area (Å²) in [6.45, 7) is -4.03. The van der Waals surface area contributed by atoms with Gasteiger partial charge in [-0.1, -0.05) is 12.2 Å². The van der Waals surface area contributed by atoms with Gasteiger partial charge in [0.25, 0.3) is 0 Å². The number of imidazole rings is 2. The molecule has 3 fully saturated rings. The molecule has 0 radical (unpaired) electrons. The van der Waals surface area contributed by atoms with Crippen molar-refractivity contribution in [3.8, 4) is 5.88 Å². The van der Waals surface area contributed by atoms with E-state index in [0.717, 1.165) is 6.66 Å². The molecule has 5 aliphatic rings. The number of aromatic nitrogens is 8. The van der Waals surface area contributed by atoms with Gasteiger partial charge >= 0.3 is 14.3 Å². The summed E-state index contributed by atoms with van der Waals surface area (Å²) in [6.07, 6.45) is -2.27. The van der Waals surface area contributed by atoms with Crippen LogP contribution < -0.4 is 4.74 Å². The third-order valence-electron chi connectivity index (χ3n) is 8.32. The Morgan fingerprint density at radius 2 is 1.48 bits per heavy atom. The van der Waals surface area contributed by atoms with E-state index in [0.29, 0.717) is 24.1 Å². The Kier molecular flexibility index (Phi) is 8.38. The Morgan fingerprint density at radius 3 is 2.21 bits per heavy atom. The van der Waals surface area contributed by atoms with Crippen molar-refractivity contribution in [1.82, 2.24) is 39.0 Å². The lowest BCUT2D eigenvalue weighted by atomic mass is 10.1. The van der Waals surface area contributed by atoms with Gasteiger partial charge < -0.3 is 28.2 Å². The van der Waals surface area contributed by atoms with Crippen molar-refractivity contribution < 1.29 is 50.5 Å². The van der Waals surface area contributed by atoms with Gasteiger partial charge in [0.2, 0.25) is 5.88 Å². The van der Waals surface area contributed by atoms with Crippen LogP contribution in [-0.2, 0) is 50.4 Å². The van der Waals surface area contributed by atoms with E-state index in [2.05, 4.69) is 29.9 Å². The number of rotatable bonds is 0. The maximum absolute atomic E-state index is 16.3. The Morgan fingerprint density at radius 1 is 0.854 bits per heavy atom. The van der Waals surface area contributed by atoms with Gasteiger partial charge in [-0.25, -0.2) is 33.7 Å². The van der Waals surface area contributed by atoms with E-state index in [-0.39, 0.29) is 29.3 Å². The second-order valence-corrected chi connectivity index (χ2v) is 16.3. The van der Waals surface area contributed by atoms with Gasteiger partial charge in [-0.3, -0.25) is 22.7 Å². The molecule has 256 valence electrons. The number of ether oxygens (including phenoxy) is 3. The minimum Gasteiger partial charge on any atom is -0.472 e. The fraction of sp³-hybridized carbons (Fsp3) is 0.538. The van der Waals surface area contributed by atoms with Crippen LogP contribution in [0.4, 0.5) is 8.78 Å². The molecule has 5 aliphatic heterocycles. The van der Waals surface area contributed by atoms with Crippen molar-refractivity contribution in [2.45, 2.75) is 62.1 Å². The number of fused-ring (bicyclic) bond motifs is 10. The van der Waals surface area contributed by atoms with Crippen molar-refractivity contribution in [2.75, 3.05) is 26.5 Å². The van der Waals surface area contributed by atoms with Crippen LogP contribution in [0, 0.1) is 0 Å². The van der Waals surface area contributed by atoms with Crippen LogP contribution in [0.2, 0.25) is 0 Å². The van der Waals surface area contributed by atoms with E-state index in [9.17, 15) is 9.46 Å². The molecule has 4 aromatic rings. The van der Waals surface area contributed by atoms with E-state index in [1.54, 1.807) is 6.08 Å². The van der Waals surface area contributed by atoms with Crippen LogP contribution in [0.15, 0.2) is 37.5 Å². The van der Waals surface area contributed by atoms with E-state index >= 15 is 8.78 Å². The molecule has 2 unspecified atom stereocenters. The normalized spacial score (nSPS) is 38.2. The first-order chi connectivity index (χ1) is 23.1. The second kappa shape index (κ2) is 12.5. The zero-order valence-corrected chi connectivity index (χ0v) is 27.6. The molecule has 48 heavy (non-hydrogen) atoms. The van der Waals surface area contributed by atoms with Gasteiger partial charge in [-0.15, -0.1) is 0 Å². The summed E-state index contributed by atoms with van der Waals surface area (Å²) in [5, 5.41) is 0. The maximum Gasteiger partial charge on any atom is 0.328 e. The Labute approximate surface area is 275 Å². The monoisotopic (exact) mass is 728 g/mol. The predicted octanol–water partition coefficient (Wildman–Crippen LogP) is 2.88. The van der Waals surface area contributed by atoms with Crippen molar-refractivity contribution in [1.29, 1.82) is 0 Å². The SMILES string of the molecule is CP1(=O)OC[C@H]2O[C@@H]3[C@H](F)[C@@H]2OP(O)(=S)OC[C@H]2O[C@H]([C@H](F)[C@@H]2O1)n1cnc2c(ncnc21)OC/C=C/CCc1ncnc2c1ncn23. The lowest BCUT2D eigenvalue weighted by molar-refractivity contribution is -0.0574. The molecule has 0 aromatic carbocycles. The van der Waals surface area contributed by atoms with Crippen LogP contribution in [0.3, 0.4) is 0 Å². The number of hydrogen-bond donors (Lipinski definition) is 1. The Hall–Kier alpha value is -2.90. The van der Waals surface area contributed by atoms with Crippen LogP contribution >= 0.6 is 14.3 Å². The van der Waals surface area contributed by atoms with Gasteiger partial charge in [-0.05, 0) is 24.6 Å². The van der Waals surface area contributed by atoms with Gasteiger partial charge in [0, 0.05) is 6.66 Å². The molecule has 1 N–H and O–H groups in total. The summed E-state index contributed by atoms with van der Waals surface area (Å²) in [6, 6.07) is 0. The number of hydrogen-bond acceptors (Lipinski definition) is 15. The number of halogens is 2. The standard InChI is InChI=1S/C26H28F2N8O9P2S/c1-46(37)40-7-14-21-17(28)26(42-14)35-11-33-18-13(29-9-30-22(18)35)5-3-2-4-6-39-24-19-23(31-10-32-24)36(12-34-19)25-16(27)20(44-46)15(43-25)8-41-47(38,48)45-21/h2,4,9-12,14-17,20-21,25-26H,3,5-8H2,1H3,(H,38,48)/b4-2+/t14-,15-,16-,17-,20-,21-,25-,26-,46?,47?/m1/s1. The molecule has 3 saturated heterocycles. The van der Waals surface area contributed by atoms with Crippen molar-refractivity contribution in [2.24, 2.45) is 0 Å². The number of allylic oxidation sites excluding steroid dienone is 1. The third kappa shape index (κ3) is 5.87. The lowest BCUT2D eigenvalue weighted by Gasteiger charge is -2.29. The zero-order chi connectivity index (χ0) is 33.2. The molecule has 14 bridgehead atoms. The highest BCUT2D eigenvalue weighted by Crippen LogP contribution is 2.54. The summed E-state index contributed by atoms with van der Waals surface area (Å²) in [5.74, 6) is 0.159. The number of nitrogens with zero attached hydrogens (tertiary/aromatic N) is 8. The fourth-order valence-corrected chi connectivity index (χ4v) is 8.70. The van der Waals surface area contributed by atoms with Crippen LogP contribution in [0.25, 0.3) is 22.3 Å². The minimum absolute atomic E-state index is 0.147. The van der Waals surface area contributed by atoms with Crippen molar-refractivity contribution >= 4 is 48.4 Å². The first-order valence-electron chi connectivity index (χ1n) is 14.9. The van der Waals surface area contributed by atoms with E-state index in [4.69, 9.17) is 44.1 Å². The van der Waals surface area contributed by atoms with Crippen LogP contribution in [0.1, 0.15) is 24.6 Å². The first-order valence-corrected chi connectivity index (χ1v) is 19.4. The average Bonchev–Trinajstić information content (AvgIpc) is 3.81. The Bertz CT molecular complexity index is 1850. The minimum atomic E-state index is -4.22. The lowest BCUT2D eigenvalue weighted by Crippen LogP contribution is -2.37. The van der Waals surface area contributed by atoms with E-state index in [1.807, 2.05) is 6.08 Å². The van der Waals surface area contributed by atoms with E-state index < -0.39 is 76.7 Å². The molecule has 17 nitrogen and oxygen atoms in total. The molecule has 0 amide bonds. The van der Waals surface area contributed by atoms with Crippen LogP contribution in [-0.4, -0.2) is 107 Å². The van der Waals surface area contributed by atoms with Gasteiger partial charge in [0.15, 0.2) is 41.6 Å². The van der Waals surface area contributed by atoms with Crippen molar-refractivity contribution in [3.63, 3.8) is 0 Å². The number of aryl methyl sites for hydroxylation is 1. The van der Waals surface area contributed by atoms with Crippen LogP contribution in [0.5, 0.6) is 5.88 Å². The smallest absolute Gasteiger partial charge is 0.328 e. The topological polar surface area (TPSA) is 189 Å². The third-order valence-corrected chi connectivity index (χ3v) is 11.1. The second-order valence-electron chi connectivity index (χ2n) is 11.5. The largest absolute Gasteiger partial charge is 0.472 e. The molecule has 10 atom stereocenters. The molecular weight excluding hydrogens is 700 g/mol. The molecule has 22 heteroatoms. The first kappa shape index (κ1) is 32.3. The fourth-order valence-electron chi connectivity index (χ4n) is 6.09. The molecule has 9 heterocycles. The molecule has 0 aliphatic carbocycles. The summed E-state index contributed by atoms with van der Waals surface area (Å²) < 4.78 is 89.2. The van der Waals surface area contributed by atoms with E-state index in [1.165, 1.54) is 34.4 Å². The summed E-state index contributed by atoms with van der Waals surface area (Å²) in [4.78, 5) is 36.9. The molecule has 9 rings (SSSR count). The molecular formula is C26H28F2N8O9P2S. The number of alkyl halides is 2. The average molecular weight is 729 g/mol. The highest BCUT2D eigenvalue weighted by molar-refractivity contribution is 8.07. The predicted molar refractivity (Wildman–Crippen MR) is 163 cm³/mol.